The second-order valence-electron chi connectivity index (χ2n) is 10.4. The van der Waals surface area contributed by atoms with Crippen LogP contribution in [0.4, 0.5) is 0 Å². The molecule has 0 bridgehead atoms. The number of rotatable bonds is 8. The first-order valence-electron chi connectivity index (χ1n) is 12.5. The third-order valence-electron chi connectivity index (χ3n) is 7.18. The first kappa shape index (κ1) is 23.9. The van der Waals surface area contributed by atoms with Gasteiger partial charge in [0.2, 0.25) is 0 Å². The van der Waals surface area contributed by atoms with Gasteiger partial charge in [-0.2, -0.15) is 10.5 Å². The van der Waals surface area contributed by atoms with E-state index < -0.39 is 0 Å². The lowest BCUT2D eigenvalue weighted by Crippen LogP contribution is -2.40. The molecule has 0 aromatic rings. The van der Waals surface area contributed by atoms with Gasteiger partial charge in [-0.1, -0.05) is 20.8 Å². The Bertz CT molecular complexity index is 663. The topological polar surface area (TPSA) is 60.5 Å². The fraction of sp³-hybridized carbons (Fsp3) is 0.840. The minimum absolute atomic E-state index is 0.282. The van der Waals surface area contributed by atoms with Crippen LogP contribution in [0.2, 0.25) is 0 Å². The molecule has 3 fully saturated rings. The Kier molecular flexibility index (Phi) is 9.05. The average Bonchev–Trinajstić information content (AvgIpc) is 3.11. The van der Waals surface area contributed by atoms with Crippen LogP contribution in [0.25, 0.3) is 0 Å². The van der Waals surface area contributed by atoms with E-state index in [1.807, 2.05) is 0 Å². The van der Waals surface area contributed by atoms with E-state index in [1.165, 1.54) is 45.4 Å². The molecule has 0 aliphatic carbocycles. The number of nitrogens with zero attached hydrogens (tertiary/aromatic N) is 6. The Hall–Kier alpha value is -1.76. The predicted octanol–water partition coefficient (Wildman–Crippen LogP) is 3.35. The molecule has 0 aromatic carbocycles. The zero-order chi connectivity index (χ0) is 22.2. The maximum Gasteiger partial charge on any atom is 0.169 e. The summed E-state index contributed by atoms with van der Waals surface area (Å²) in [5, 5.41) is 19.1. The van der Waals surface area contributed by atoms with Gasteiger partial charge >= 0.3 is 0 Å². The monoisotopic (exact) mass is 426 g/mol. The quantitative estimate of drug-likeness (QED) is 0.555. The fourth-order valence-electron chi connectivity index (χ4n) is 5.96. The van der Waals surface area contributed by atoms with Gasteiger partial charge in [-0.25, -0.2) is 0 Å². The normalized spacial score (nSPS) is 27.9. The van der Waals surface area contributed by atoms with Gasteiger partial charge in [0, 0.05) is 45.8 Å². The van der Waals surface area contributed by atoms with Gasteiger partial charge in [0.1, 0.15) is 18.0 Å². The van der Waals surface area contributed by atoms with Crippen molar-refractivity contribution in [3.63, 3.8) is 0 Å². The standard InChI is InChI=1S/C25H42N6/c1-21-7-4-8-28(18-21)9-5-11-30-13-14-31(25(30)24(16-26)17-27)12-6-10-29-19-22(2)15-23(3)20-29/h21-23H,4-15,18-20H2,1-3H3. The third-order valence-corrected chi connectivity index (χ3v) is 7.18. The van der Waals surface area contributed by atoms with Crippen LogP contribution in [-0.4, -0.2) is 85.0 Å². The zero-order valence-electron chi connectivity index (χ0n) is 20.0. The van der Waals surface area contributed by atoms with Gasteiger partial charge in [0.15, 0.2) is 5.57 Å². The summed E-state index contributed by atoms with van der Waals surface area (Å²) in [7, 11) is 0. The smallest absolute Gasteiger partial charge is 0.169 e. The average molecular weight is 427 g/mol. The molecule has 3 heterocycles. The minimum Gasteiger partial charge on any atom is -0.355 e. The number of piperidine rings is 2. The van der Waals surface area contributed by atoms with Crippen molar-refractivity contribution in [3.05, 3.63) is 11.4 Å². The summed E-state index contributed by atoms with van der Waals surface area (Å²) in [6, 6.07) is 4.33. The largest absolute Gasteiger partial charge is 0.355 e. The van der Waals surface area contributed by atoms with Crippen molar-refractivity contribution in [2.45, 2.75) is 52.9 Å². The second kappa shape index (κ2) is 11.7. The third kappa shape index (κ3) is 6.86. The molecule has 0 radical (unpaired) electrons. The highest BCUT2D eigenvalue weighted by Crippen LogP contribution is 2.24. The van der Waals surface area contributed by atoms with Crippen molar-refractivity contribution in [2.24, 2.45) is 17.8 Å². The highest BCUT2D eigenvalue weighted by Gasteiger charge is 2.29. The summed E-state index contributed by atoms with van der Waals surface area (Å²) >= 11 is 0. The van der Waals surface area contributed by atoms with Crippen LogP contribution in [0.5, 0.6) is 0 Å². The van der Waals surface area contributed by atoms with Crippen molar-refractivity contribution in [3.8, 4) is 12.1 Å². The van der Waals surface area contributed by atoms with Crippen molar-refractivity contribution in [1.82, 2.24) is 19.6 Å². The van der Waals surface area contributed by atoms with Crippen molar-refractivity contribution in [2.75, 3.05) is 65.4 Å². The molecule has 0 saturated carbocycles. The van der Waals surface area contributed by atoms with E-state index in [4.69, 9.17) is 0 Å². The van der Waals surface area contributed by atoms with Crippen molar-refractivity contribution < 1.29 is 0 Å². The van der Waals surface area contributed by atoms with Gasteiger partial charge in [-0.05, 0) is 69.5 Å². The van der Waals surface area contributed by atoms with Crippen molar-refractivity contribution in [1.29, 1.82) is 10.5 Å². The van der Waals surface area contributed by atoms with Gasteiger partial charge in [-0.3, -0.25) is 0 Å². The number of likely N-dealkylation sites (tertiary alicyclic amines) is 2. The van der Waals surface area contributed by atoms with Crippen LogP contribution in [0.15, 0.2) is 11.4 Å². The molecule has 3 atom stereocenters. The fourth-order valence-corrected chi connectivity index (χ4v) is 5.96. The van der Waals surface area contributed by atoms with E-state index in [1.54, 1.807) is 0 Å². The van der Waals surface area contributed by atoms with Crippen LogP contribution in [0.3, 0.4) is 0 Å². The van der Waals surface area contributed by atoms with Crippen LogP contribution >= 0.6 is 0 Å². The van der Waals surface area contributed by atoms with Crippen LogP contribution in [0, 0.1) is 40.4 Å². The predicted molar refractivity (Wildman–Crippen MR) is 125 cm³/mol. The Morgan fingerprint density at radius 2 is 1.32 bits per heavy atom. The second-order valence-corrected chi connectivity index (χ2v) is 10.4. The lowest BCUT2D eigenvalue weighted by atomic mass is 9.92. The summed E-state index contributed by atoms with van der Waals surface area (Å²) < 4.78 is 0. The lowest BCUT2D eigenvalue weighted by Gasteiger charge is -2.35. The van der Waals surface area contributed by atoms with E-state index in [0.29, 0.717) is 0 Å². The highest BCUT2D eigenvalue weighted by atomic mass is 15.4. The summed E-state index contributed by atoms with van der Waals surface area (Å²) in [5.74, 6) is 3.26. The Morgan fingerprint density at radius 1 is 0.774 bits per heavy atom. The molecular formula is C25H42N6. The molecule has 3 rings (SSSR count). The molecule has 6 heteroatoms. The number of nitriles is 2. The summed E-state index contributed by atoms with van der Waals surface area (Å²) in [5.41, 5.74) is 0.282. The van der Waals surface area contributed by atoms with Gasteiger partial charge in [-0.15, -0.1) is 0 Å². The number of allylic oxidation sites excluding steroid dienone is 1. The van der Waals surface area contributed by atoms with Crippen LogP contribution in [-0.2, 0) is 0 Å². The Morgan fingerprint density at radius 3 is 1.87 bits per heavy atom. The maximum absolute atomic E-state index is 9.57. The molecular weight excluding hydrogens is 384 g/mol. The molecule has 3 aliphatic heterocycles. The zero-order valence-corrected chi connectivity index (χ0v) is 20.0. The molecule has 0 N–H and O–H groups in total. The van der Waals surface area contributed by atoms with Crippen LogP contribution < -0.4 is 0 Å². The Labute approximate surface area is 190 Å². The lowest BCUT2D eigenvalue weighted by molar-refractivity contribution is 0.136. The van der Waals surface area contributed by atoms with E-state index >= 15 is 0 Å². The van der Waals surface area contributed by atoms with Crippen molar-refractivity contribution >= 4 is 0 Å². The van der Waals surface area contributed by atoms with E-state index in [-0.39, 0.29) is 5.57 Å². The summed E-state index contributed by atoms with van der Waals surface area (Å²) in [6.45, 7) is 17.9. The van der Waals surface area contributed by atoms with Gasteiger partial charge in [0.05, 0.1) is 0 Å². The number of hydrogen-bond acceptors (Lipinski definition) is 6. The molecule has 0 spiro atoms. The van der Waals surface area contributed by atoms with E-state index in [2.05, 4.69) is 52.5 Å². The van der Waals surface area contributed by atoms with E-state index in [9.17, 15) is 10.5 Å². The maximum atomic E-state index is 9.57. The van der Waals surface area contributed by atoms with Gasteiger partial charge < -0.3 is 19.6 Å². The molecule has 0 amide bonds. The summed E-state index contributed by atoms with van der Waals surface area (Å²) in [4.78, 5) is 9.77. The van der Waals surface area contributed by atoms with E-state index in [0.717, 1.165) is 75.7 Å². The summed E-state index contributed by atoms with van der Waals surface area (Å²) in [6.07, 6.45) is 6.19. The molecule has 3 aliphatic rings. The number of hydrogen-bond donors (Lipinski definition) is 0. The van der Waals surface area contributed by atoms with Crippen LogP contribution in [0.1, 0.15) is 52.9 Å². The molecule has 0 aromatic heterocycles. The molecule has 6 nitrogen and oxygen atoms in total. The SMILES string of the molecule is CC1CCCN(CCCN2CCN(CCCN3CC(C)CC(C)C3)C2=C(C#N)C#N)C1. The highest BCUT2D eigenvalue weighted by molar-refractivity contribution is 5.40. The molecule has 3 saturated heterocycles. The molecule has 3 unspecified atom stereocenters. The first-order valence-corrected chi connectivity index (χ1v) is 12.5. The Balaban J connectivity index is 1.50. The molecule has 172 valence electrons. The van der Waals surface area contributed by atoms with Gasteiger partial charge in [0.25, 0.3) is 0 Å². The first-order chi connectivity index (χ1) is 15.0. The molecule has 31 heavy (non-hydrogen) atoms. The minimum atomic E-state index is 0.282.